The van der Waals surface area contributed by atoms with Crippen LogP contribution in [0.25, 0.3) is 28.0 Å². The summed E-state index contributed by atoms with van der Waals surface area (Å²) < 4.78 is 38.5. The molecular weight excluding hydrogens is 542 g/mol. The van der Waals surface area contributed by atoms with E-state index in [2.05, 4.69) is 28.3 Å². The third-order valence-corrected chi connectivity index (χ3v) is 7.68. The highest BCUT2D eigenvalue weighted by molar-refractivity contribution is 5.92. The molecule has 0 saturated carbocycles. The Morgan fingerprint density at radius 2 is 2.00 bits per heavy atom. The molecule has 0 N–H and O–H groups in total. The Balaban J connectivity index is 1.81. The minimum Gasteiger partial charge on any atom is -0.493 e. The molecule has 0 unspecified atom stereocenters. The Labute approximate surface area is 242 Å². The third-order valence-electron chi connectivity index (χ3n) is 7.68. The molecule has 0 aliphatic carbocycles. The molecule has 4 heterocycles. The topological polar surface area (TPSA) is 92.9 Å². The lowest BCUT2D eigenvalue weighted by Gasteiger charge is -2.40. The summed E-state index contributed by atoms with van der Waals surface area (Å²) in [4.78, 5) is 42.4. The van der Waals surface area contributed by atoms with Crippen LogP contribution in [0.15, 0.2) is 64.6 Å². The summed E-state index contributed by atoms with van der Waals surface area (Å²) in [5.41, 5.74) is 0.456. The highest BCUT2D eigenvalue weighted by Gasteiger charge is 2.30. The van der Waals surface area contributed by atoms with E-state index in [-0.39, 0.29) is 52.4 Å². The number of carbonyl (C=O) groups is 1. The van der Waals surface area contributed by atoms with Crippen molar-refractivity contribution in [2.24, 2.45) is 4.99 Å². The van der Waals surface area contributed by atoms with Crippen LogP contribution in [0, 0.1) is 11.6 Å². The van der Waals surface area contributed by atoms with E-state index in [1.54, 1.807) is 24.0 Å². The predicted molar refractivity (Wildman–Crippen MR) is 160 cm³/mol. The number of ether oxygens (including phenoxy) is 1. The number of aliphatic imine (C=N–C) groups is 1. The van der Waals surface area contributed by atoms with Gasteiger partial charge in [-0.2, -0.15) is 4.98 Å². The van der Waals surface area contributed by atoms with Gasteiger partial charge in [-0.05, 0) is 75.8 Å². The van der Waals surface area contributed by atoms with E-state index in [0.29, 0.717) is 44.6 Å². The lowest BCUT2D eigenvalue weighted by molar-refractivity contribution is -0.126. The van der Waals surface area contributed by atoms with Crippen molar-refractivity contribution in [3.8, 4) is 17.0 Å². The molecule has 2 aliphatic heterocycles. The molecule has 2 aromatic heterocycles. The van der Waals surface area contributed by atoms with Crippen molar-refractivity contribution in [1.82, 2.24) is 19.4 Å². The van der Waals surface area contributed by atoms with Gasteiger partial charge in [0.2, 0.25) is 5.91 Å². The number of carbonyl (C=O) groups excluding carboxylic acids is 1. The number of pyridine rings is 1. The monoisotopic (exact) mass is 574 g/mol. The Kier molecular flexibility index (Phi) is 8.28. The van der Waals surface area contributed by atoms with Gasteiger partial charge in [0.15, 0.2) is 11.5 Å². The molecular formula is C31H32F2N6O3. The number of anilines is 1. The maximum absolute atomic E-state index is 16.0. The molecule has 42 heavy (non-hydrogen) atoms. The van der Waals surface area contributed by atoms with Crippen molar-refractivity contribution < 1.29 is 18.3 Å². The zero-order chi connectivity index (χ0) is 30.0. The molecule has 1 aromatic carbocycles. The minimum absolute atomic E-state index is 0.115. The van der Waals surface area contributed by atoms with Crippen LogP contribution in [0.4, 0.5) is 14.6 Å². The molecule has 5 rings (SSSR count). The fraction of sp³-hybridized carbons (Fsp3) is 0.323. The van der Waals surface area contributed by atoms with Gasteiger partial charge in [0, 0.05) is 37.6 Å². The first-order chi connectivity index (χ1) is 20.2. The predicted octanol–water partition coefficient (Wildman–Crippen LogP) is 4.97. The second kappa shape index (κ2) is 12.1. The summed E-state index contributed by atoms with van der Waals surface area (Å²) >= 11 is 0. The molecule has 1 fully saturated rings. The van der Waals surface area contributed by atoms with Crippen LogP contribution < -0.4 is 15.3 Å². The van der Waals surface area contributed by atoms with Gasteiger partial charge in [-0.15, -0.1) is 0 Å². The smallest absolute Gasteiger partial charge is 0.355 e. The molecule has 1 amide bonds. The zero-order valence-electron chi connectivity index (χ0n) is 23.6. The molecule has 2 aliphatic rings. The SMILES string of the molecule is C=CC(=O)N1CCN(c2nc(=O)n3c4nc(c(F)cc24)-c2c(F)cccc2OCCCCC(/C=C\N=C)=C3C)[C@@H](C)C1. The van der Waals surface area contributed by atoms with Gasteiger partial charge >= 0.3 is 5.69 Å². The number of amides is 1. The van der Waals surface area contributed by atoms with E-state index in [0.717, 1.165) is 5.57 Å². The summed E-state index contributed by atoms with van der Waals surface area (Å²) in [7, 11) is 0. The minimum atomic E-state index is -0.786. The fourth-order valence-corrected chi connectivity index (χ4v) is 5.53. The molecule has 0 spiro atoms. The first-order valence-corrected chi connectivity index (χ1v) is 13.8. The molecule has 1 saturated heterocycles. The average molecular weight is 575 g/mol. The van der Waals surface area contributed by atoms with Crippen molar-refractivity contribution in [1.29, 1.82) is 0 Å². The molecule has 0 radical (unpaired) electrons. The standard InChI is InChI=1S/C31H32F2N6O3/c1-5-26(40)37-14-15-38(19(2)18-37)29-22-17-24(33)28-27-23(32)10-8-11-25(27)42-16-7-6-9-21(12-13-34-4)20(3)39(30(22)35-28)31(41)36-29/h5,8,10-13,17,19H,1,4,6-7,9,14-16,18H2,2-3H3/b13-12-,21-20?/t19-/m0/s1. The number of rotatable bonds is 4. The molecule has 218 valence electrons. The lowest BCUT2D eigenvalue weighted by atomic mass is 10.1. The Morgan fingerprint density at radius 3 is 2.74 bits per heavy atom. The van der Waals surface area contributed by atoms with Crippen molar-refractivity contribution in [2.75, 3.05) is 31.1 Å². The number of benzene rings is 1. The summed E-state index contributed by atoms with van der Waals surface area (Å²) in [6, 6.07) is 5.30. The van der Waals surface area contributed by atoms with Crippen LogP contribution in [0.5, 0.6) is 5.75 Å². The van der Waals surface area contributed by atoms with Crippen molar-refractivity contribution >= 4 is 35.2 Å². The van der Waals surface area contributed by atoms with Crippen molar-refractivity contribution in [3.05, 3.63) is 76.9 Å². The molecule has 2 bridgehead atoms. The van der Waals surface area contributed by atoms with Gasteiger partial charge in [-0.3, -0.25) is 9.79 Å². The second-order valence-electron chi connectivity index (χ2n) is 10.3. The third kappa shape index (κ3) is 5.34. The van der Waals surface area contributed by atoms with Gasteiger partial charge in [0.05, 0.1) is 17.6 Å². The number of hydrogen-bond donors (Lipinski definition) is 0. The number of piperazine rings is 1. The van der Waals surface area contributed by atoms with E-state index in [1.807, 2.05) is 11.8 Å². The Bertz CT molecular complexity index is 1700. The van der Waals surface area contributed by atoms with Crippen LogP contribution in [0.1, 0.15) is 33.1 Å². The average Bonchev–Trinajstić information content (AvgIpc) is 2.98. The van der Waals surface area contributed by atoms with Crippen LogP contribution in [-0.2, 0) is 4.79 Å². The molecule has 9 nitrogen and oxygen atoms in total. The van der Waals surface area contributed by atoms with Crippen molar-refractivity contribution in [3.63, 3.8) is 0 Å². The lowest BCUT2D eigenvalue weighted by Crippen LogP contribution is -2.54. The molecule has 1 atom stereocenters. The zero-order valence-corrected chi connectivity index (χ0v) is 23.6. The number of halogens is 2. The van der Waals surface area contributed by atoms with E-state index in [1.165, 1.54) is 35.0 Å². The normalized spacial score (nSPS) is 17.9. The Morgan fingerprint density at radius 1 is 1.19 bits per heavy atom. The quantitative estimate of drug-likeness (QED) is 0.323. The summed E-state index contributed by atoms with van der Waals surface area (Å²) in [6.07, 6.45) is 6.49. The maximum atomic E-state index is 16.0. The van der Waals surface area contributed by atoms with Gasteiger partial charge < -0.3 is 14.5 Å². The first kappa shape index (κ1) is 28.8. The van der Waals surface area contributed by atoms with Gasteiger partial charge in [0.1, 0.15) is 23.1 Å². The highest BCUT2D eigenvalue weighted by atomic mass is 19.1. The number of hydrogen-bond acceptors (Lipinski definition) is 7. The second-order valence-corrected chi connectivity index (χ2v) is 10.3. The van der Waals surface area contributed by atoms with Gasteiger partial charge in [0.25, 0.3) is 0 Å². The van der Waals surface area contributed by atoms with Gasteiger partial charge in [-0.1, -0.05) is 12.6 Å². The maximum Gasteiger partial charge on any atom is 0.355 e. The highest BCUT2D eigenvalue weighted by Crippen LogP contribution is 2.37. The largest absolute Gasteiger partial charge is 0.493 e. The number of fused-ring (bicyclic) bond motifs is 3. The van der Waals surface area contributed by atoms with Crippen LogP contribution in [0.2, 0.25) is 0 Å². The van der Waals surface area contributed by atoms with Gasteiger partial charge in [-0.25, -0.2) is 23.1 Å². The fourth-order valence-electron chi connectivity index (χ4n) is 5.53. The summed E-state index contributed by atoms with van der Waals surface area (Å²) in [5, 5.41) is 0.282. The summed E-state index contributed by atoms with van der Waals surface area (Å²) in [5.74, 6) is -1.26. The summed E-state index contributed by atoms with van der Waals surface area (Å²) in [6.45, 7) is 12.1. The molecule has 11 heteroatoms. The van der Waals surface area contributed by atoms with E-state index in [4.69, 9.17) is 4.74 Å². The van der Waals surface area contributed by atoms with E-state index in [9.17, 15) is 9.59 Å². The van der Waals surface area contributed by atoms with Crippen LogP contribution in [0.3, 0.4) is 0 Å². The number of allylic oxidation sites excluding steroid dienone is 3. The van der Waals surface area contributed by atoms with Crippen LogP contribution >= 0.6 is 0 Å². The Hall–Kier alpha value is -4.67. The van der Waals surface area contributed by atoms with E-state index < -0.39 is 17.3 Å². The first-order valence-electron chi connectivity index (χ1n) is 13.8. The van der Waals surface area contributed by atoms with Crippen molar-refractivity contribution in [2.45, 2.75) is 39.2 Å². The van der Waals surface area contributed by atoms with E-state index >= 15 is 8.78 Å². The molecule has 3 aromatic rings. The number of aromatic nitrogens is 3. The van der Waals surface area contributed by atoms with Crippen LogP contribution in [-0.4, -0.2) is 64.3 Å². The number of nitrogens with zero attached hydrogens (tertiary/aromatic N) is 6.